The maximum absolute atomic E-state index is 11.5. The molecule has 1 heterocycles. The summed E-state index contributed by atoms with van der Waals surface area (Å²) in [7, 11) is 0. The Morgan fingerprint density at radius 1 is 1.08 bits per heavy atom. The van der Waals surface area contributed by atoms with Gasteiger partial charge < -0.3 is 10.4 Å². The summed E-state index contributed by atoms with van der Waals surface area (Å²) in [5, 5.41) is 15.3. The minimum absolute atomic E-state index is 0.139. The topological polar surface area (TPSA) is 32.3 Å². The molecule has 0 aromatic heterocycles. The van der Waals surface area contributed by atoms with Gasteiger partial charge in [-0.2, -0.15) is 0 Å². The van der Waals surface area contributed by atoms with E-state index in [1.807, 2.05) is 18.2 Å². The van der Waals surface area contributed by atoms with E-state index < -0.39 is 5.60 Å². The summed E-state index contributed by atoms with van der Waals surface area (Å²) in [6.07, 6.45) is 4.13. The second-order valence-electron chi connectivity index (χ2n) is 6.83. The quantitative estimate of drug-likeness (QED) is 0.776. The van der Waals surface area contributed by atoms with Gasteiger partial charge in [0.2, 0.25) is 0 Å². The molecule has 0 amide bonds. The first-order valence-electron chi connectivity index (χ1n) is 8.87. The Kier molecular flexibility index (Phi) is 5.17. The zero-order chi connectivity index (χ0) is 17.0. The molecule has 2 aromatic carbocycles. The fraction of sp³-hybridized carbons (Fsp3) is 0.364. The summed E-state index contributed by atoms with van der Waals surface area (Å²) >= 11 is 0. The van der Waals surface area contributed by atoms with E-state index in [-0.39, 0.29) is 18.0 Å². The standard InChI is InChI=1S/C22H27NO/c1-3-15-22(24)16-20(17-11-7-5-8-12-17)23-21(19(22)4-2)18-13-9-6-10-14-18/h3,5-14,19-21,23-24H,1,4,15-16H2,2H3/t19-,20+,21-,22+/m0/s1. The smallest absolute Gasteiger partial charge is 0.0746 e. The minimum Gasteiger partial charge on any atom is -0.389 e. The third-order valence-corrected chi connectivity index (χ3v) is 5.33. The molecule has 1 aliphatic heterocycles. The highest BCUT2D eigenvalue weighted by Gasteiger charge is 2.46. The van der Waals surface area contributed by atoms with Gasteiger partial charge in [-0.3, -0.25) is 0 Å². The number of hydrogen-bond donors (Lipinski definition) is 2. The molecule has 1 saturated heterocycles. The molecule has 1 aliphatic rings. The predicted octanol–water partition coefficient (Wildman–Crippen LogP) is 4.80. The molecule has 4 atom stereocenters. The van der Waals surface area contributed by atoms with Crippen molar-refractivity contribution in [3.05, 3.63) is 84.4 Å². The Morgan fingerprint density at radius 2 is 1.67 bits per heavy atom. The number of hydrogen-bond acceptors (Lipinski definition) is 2. The van der Waals surface area contributed by atoms with Crippen LogP contribution in [-0.2, 0) is 0 Å². The van der Waals surface area contributed by atoms with Crippen molar-refractivity contribution in [3.63, 3.8) is 0 Å². The normalized spacial score (nSPS) is 30.0. The molecule has 2 aromatic rings. The van der Waals surface area contributed by atoms with Gasteiger partial charge >= 0.3 is 0 Å². The van der Waals surface area contributed by atoms with Crippen molar-refractivity contribution < 1.29 is 5.11 Å². The molecule has 0 radical (unpaired) electrons. The van der Waals surface area contributed by atoms with Crippen molar-refractivity contribution in [1.29, 1.82) is 0 Å². The van der Waals surface area contributed by atoms with Crippen LogP contribution in [0.4, 0.5) is 0 Å². The van der Waals surface area contributed by atoms with Crippen LogP contribution in [0.15, 0.2) is 73.3 Å². The average molecular weight is 321 g/mol. The van der Waals surface area contributed by atoms with E-state index in [1.54, 1.807) is 0 Å². The van der Waals surface area contributed by atoms with E-state index in [2.05, 4.69) is 67.4 Å². The molecule has 2 nitrogen and oxygen atoms in total. The highest BCUT2D eigenvalue weighted by Crippen LogP contribution is 2.46. The molecular formula is C22H27NO. The second kappa shape index (κ2) is 7.33. The molecule has 0 bridgehead atoms. The first-order valence-corrected chi connectivity index (χ1v) is 8.87. The van der Waals surface area contributed by atoms with Gasteiger partial charge in [0.05, 0.1) is 5.60 Å². The first kappa shape index (κ1) is 16.9. The lowest BCUT2D eigenvalue weighted by atomic mass is 9.68. The Bertz CT molecular complexity index is 654. The Morgan fingerprint density at radius 3 is 2.21 bits per heavy atom. The van der Waals surface area contributed by atoms with E-state index in [0.717, 1.165) is 6.42 Å². The fourth-order valence-corrected chi connectivity index (χ4v) is 4.20. The molecule has 1 fully saturated rings. The van der Waals surface area contributed by atoms with Gasteiger partial charge in [0.25, 0.3) is 0 Å². The summed E-state index contributed by atoms with van der Waals surface area (Å²) in [6.45, 7) is 6.05. The molecule has 3 rings (SSSR count). The van der Waals surface area contributed by atoms with Crippen molar-refractivity contribution >= 4 is 0 Å². The fourth-order valence-electron chi connectivity index (χ4n) is 4.20. The number of rotatable bonds is 5. The molecule has 2 heteroatoms. The second-order valence-corrected chi connectivity index (χ2v) is 6.83. The maximum atomic E-state index is 11.5. The van der Waals surface area contributed by atoms with Crippen LogP contribution in [0, 0.1) is 5.92 Å². The highest BCUT2D eigenvalue weighted by atomic mass is 16.3. The van der Waals surface area contributed by atoms with Gasteiger partial charge in [0, 0.05) is 18.0 Å². The highest BCUT2D eigenvalue weighted by molar-refractivity contribution is 5.27. The van der Waals surface area contributed by atoms with Crippen LogP contribution >= 0.6 is 0 Å². The van der Waals surface area contributed by atoms with Crippen molar-refractivity contribution in [1.82, 2.24) is 5.32 Å². The molecule has 0 unspecified atom stereocenters. The Balaban J connectivity index is 2.00. The lowest BCUT2D eigenvalue weighted by Gasteiger charge is -2.48. The molecule has 0 aliphatic carbocycles. The lowest BCUT2D eigenvalue weighted by Crippen LogP contribution is -2.52. The number of nitrogens with one attached hydrogen (secondary N) is 1. The van der Waals surface area contributed by atoms with Gasteiger partial charge in [-0.15, -0.1) is 6.58 Å². The van der Waals surface area contributed by atoms with E-state index in [9.17, 15) is 5.11 Å². The summed E-state index contributed by atoms with van der Waals surface area (Å²) in [6, 6.07) is 21.2. The van der Waals surface area contributed by atoms with Gasteiger partial charge in [-0.1, -0.05) is 73.7 Å². The monoisotopic (exact) mass is 321 g/mol. The van der Waals surface area contributed by atoms with Crippen molar-refractivity contribution in [2.45, 2.75) is 43.9 Å². The molecule has 24 heavy (non-hydrogen) atoms. The zero-order valence-corrected chi connectivity index (χ0v) is 14.4. The third-order valence-electron chi connectivity index (χ3n) is 5.33. The lowest BCUT2D eigenvalue weighted by molar-refractivity contribution is -0.0741. The summed E-state index contributed by atoms with van der Waals surface area (Å²) < 4.78 is 0. The molecule has 126 valence electrons. The van der Waals surface area contributed by atoms with E-state index in [4.69, 9.17) is 0 Å². The van der Waals surface area contributed by atoms with Crippen LogP contribution in [0.5, 0.6) is 0 Å². The Hall–Kier alpha value is -1.90. The third kappa shape index (κ3) is 3.31. The molecule has 0 spiro atoms. The van der Waals surface area contributed by atoms with Crippen molar-refractivity contribution in [2.24, 2.45) is 5.92 Å². The van der Waals surface area contributed by atoms with Gasteiger partial charge in [0.15, 0.2) is 0 Å². The Labute approximate surface area is 145 Å². The summed E-state index contributed by atoms with van der Waals surface area (Å²) in [5.41, 5.74) is 1.74. The molecule has 0 saturated carbocycles. The van der Waals surface area contributed by atoms with Crippen molar-refractivity contribution in [3.8, 4) is 0 Å². The zero-order valence-electron chi connectivity index (χ0n) is 14.4. The maximum Gasteiger partial charge on any atom is 0.0746 e. The summed E-state index contributed by atoms with van der Waals surface area (Å²) in [5.74, 6) is 0.165. The van der Waals surface area contributed by atoms with Gasteiger partial charge in [0.1, 0.15) is 0 Å². The van der Waals surface area contributed by atoms with Crippen LogP contribution in [0.1, 0.15) is 49.4 Å². The minimum atomic E-state index is -0.733. The average Bonchev–Trinajstić information content (AvgIpc) is 2.62. The van der Waals surface area contributed by atoms with Crippen LogP contribution in [0.2, 0.25) is 0 Å². The largest absolute Gasteiger partial charge is 0.389 e. The van der Waals surface area contributed by atoms with Gasteiger partial charge in [-0.05, 0) is 30.4 Å². The van der Waals surface area contributed by atoms with Crippen LogP contribution in [-0.4, -0.2) is 10.7 Å². The number of benzene rings is 2. The SMILES string of the molecule is C=CC[C@@]1(O)C[C@H](c2ccccc2)N[C@@H](c2ccccc2)[C@@H]1CC. The first-order chi connectivity index (χ1) is 11.7. The van der Waals surface area contributed by atoms with Crippen LogP contribution in [0.25, 0.3) is 0 Å². The molecular weight excluding hydrogens is 294 g/mol. The predicted molar refractivity (Wildman–Crippen MR) is 99.7 cm³/mol. The van der Waals surface area contributed by atoms with E-state index in [0.29, 0.717) is 12.8 Å². The van der Waals surface area contributed by atoms with Crippen LogP contribution in [0.3, 0.4) is 0 Å². The molecule has 2 N–H and O–H groups in total. The van der Waals surface area contributed by atoms with Crippen LogP contribution < -0.4 is 5.32 Å². The number of piperidine rings is 1. The van der Waals surface area contributed by atoms with Gasteiger partial charge in [-0.25, -0.2) is 0 Å². The van der Waals surface area contributed by atoms with Crippen molar-refractivity contribution in [2.75, 3.05) is 0 Å². The number of aliphatic hydroxyl groups is 1. The summed E-state index contributed by atoms with van der Waals surface area (Å²) in [4.78, 5) is 0. The van der Waals surface area contributed by atoms with E-state index in [1.165, 1.54) is 11.1 Å². The van der Waals surface area contributed by atoms with E-state index >= 15 is 0 Å².